The van der Waals surface area contributed by atoms with Crippen LogP contribution in [0.15, 0.2) is 117 Å². The molecule has 3 aliphatic rings. The van der Waals surface area contributed by atoms with Gasteiger partial charge in [-0.2, -0.15) is 21.4 Å². The Labute approximate surface area is 369 Å². The van der Waals surface area contributed by atoms with Gasteiger partial charge in [0.25, 0.3) is 20.2 Å². The van der Waals surface area contributed by atoms with E-state index in [1.165, 1.54) is 12.1 Å². The molecule has 0 amide bonds. The molecular formula is C50H63N2O8S2+. The molecule has 0 saturated heterocycles. The summed E-state index contributed by atoms with van der Waals surface area (Å²) in [6, 6.07) is 17.6. The molecule has 0 spiro atoms. The van der Waals surface area contributed by atoms with E-state index >= 15 is 0 Å². The number of hydrogen-bond donors (Lipinski definition) is 2. The highest BCUT2D eigenvalue weighted by molar-refractivity contribution is 7.86. The molecule has 6 rings (SSSR count). The average molecular weight is 884 g/mol. The number of Topliss-reactive ketones (excluding diaryl/α,β-unsaturated/α-hetero) is 1. The molecule has 2 aliphatic heterocycles. The Balaban J connectivity index is 1.46. The molecule has 332 valence electrons. The molecular weight excluding hydrogens is 821 g/mol. The van der Waals surface area contributed by atoms with Crippen molar-refractivity contribution in [3.63, 3.8) is 0 Å². The summed E-state index contributed by atoms with van der Waals surface area (Å²) in [6.45, 7) is 17.9. The summed E-state index contributed by atoms with van der Waals surface area (Å²) < 4.78 is 77.9. The molecule has 0 atom stereocenters. The molecule has 0 bridgehead atoms. The average Bonchev–Trinajstić information content (AvgIpc) is 3.56. The van der Waals surface area contributed by atoms with Crippen LogP contribution in [0.3, 0.4) is 0 Å². The lowest BCUT2D eigenvalue weighted by molar-refractivity contribution is -0.438. The van der Waals surface area contributed by atoms with Gasteiger partial charge in [-0.05, 0) is 123 Å². The zero-order valence-corrected chi connectivity index (χ0v) is 39.1. The zero-order valence-electron chi connectivity index (χ0n) is 37.5. The first kappa shape index (κ1) is 46.9. The summed E-state index contributed by atoms with van der Waals surface area (Å²) >= 11 is 0. The van der Waals surface area contributed by atoms with Crippen molar-refractivity contribution >= 4 is 43.1 Å². The Morgan fingerprint density at radius 1 is 0.823 bits per heavy atom. The monoisotopic (exact) mass is 883 g/mol. The van der Waals surface area contributed by atoms with Gasteiger partial charge in [-0.1, -0.05) is 72.6 Å². The summed E-state index contributed by atoms with van der Waals surface area (Å²) in [7, 11) is -8.79. The van der Waals surface area contributed by atoms with Crippen LogP contribution in [-0.2, 0) is 42.3 Å². The molecule has 12 heteroatoms. The summed E-state index contributed by atoms with van der Waals surface area (Å²) in [5.41, 5.74) is 7.45. The fourth-order valence-corrected chi connectivity index (χ4v) is 9.87. The van der Waals surface area contributed by atoms with E-state index in [4.69, 9.17) is 4.74 Å². The predicted molar refractivity (Wildman–Crippen MR) is 247 cm³/mol. The van der Waals surface area contributed by atoms with E-state index in [-0.39, 0.29) is 21.5 Å². The summed E-state index contributed by atoms with van der Waals surface area (Å²) in [5, 5.41) is 0. The molecule has 1 aliphatic carbocycles. The zero-order chi connectivity index (χ0) is 45.2. The van der Waals surface area contributed by atoms with Crippen molar-refractivity contribution in [1.29, 1.82) is 0 Å². The standard InChI is InChI=1S/C50H62N2O8S2/c1-9-11-30-51-43-25-23-39(61(54,55)56)32-41(43)49(5,6)46(51)28-19-36-14-13-15-37(48(36)60-38-21-16-35(17-22-38)18-27-45(53)34(3)4)20-29-47-50(7,8)42-33-40(62(57,58)59)24-26-44(42)52(47)31-12-10-2/h16-17,19-26,28-29,32-34H,9-15,18,27,30-31H2,1-8H3,(H-,54,55,56,57,58,59)/p+1. The molecule has 0 aromatic heterocycles. The van der Waals surface area contributed by atoms with Crippen molar-refractivity contribution in [3.05, 3.63) is 124 Å². The van der Waals surface area contributed by atoms with Crippen LogP contribution in [0.1, 0.15) is 123 Å². The molecule has 3 aromatic carbocycles. The van der Waals surface area contributed by atoms with Crippen LogP contribution >= 0.6 is 0 Å². The molecule has 0 unspecified atom stereocenters. The van der Waals surface area contributed by atoms with Crippen LogP contribution in [0.25, 0.3) is 0 Å². The van der Waals surface area contributed by atoms with Crippen LogP contribution in [0, 0.1) is 5.92 Å². The van der Waals surface area contributed by atoms with E-state index in [1.807, 2.05) is 38.1 Å². The van der Waals surface area contributed by atoms with Crippen LogP contribution in [-0.4, -0.2) is 55.1 Å². The molecule has 62 heavy (non-hydrogen) atoms. The number of anilines is 1. The maximum atomic E-state index is 12.4. The van der Waals surface area contributed by atoms with Gasteiger partial charge in [0.05, 0.1) is 15.2 Å². The maximum absolute atomic E-state index is 12.4. The van der Waals surface area contributed by atoms with Crippen molar-refractivity contribution in [2.24, 2.45) is 5.92 Å². The first-order valence-corrected chi connectivity index (χ1v) is 24.9. The number of ketones is 1. The number of benzene rings is 3. The van der Waals surface area contributed by atoms with Gasteiger partial charge in [-0.3, -0.25) is 13.9 Å². The highest BCUT2D eigenvalue weighted by Gasteiger charge is 2.45. The summed E-state index contributed by atoms with van der Waals surface area (Å²) in [6.07, 6.45) is 15.9. The minimum Gasteiger partial charge on any atom is -0.457 e. The number of rotatable bonds is 17. The molecule has 2 N–H and O–H groups in total. The third kappa shape index (κ3) is 9.94. The maximum Gasteiger partial charge on any atom is 0.294 e. The van der Waals surface area contributed by atoms with E-state index in [1.54, 1.807) is 24.3 Å². The molecule has 10 nitrogen and oxygen atoms in total. The van der Waals surface area contributed by atoms with Gasteiger partial charge in [-0.15, -0.1) is 0 Å². The van der Waals surface area contributed by atoms with Crippen molar-refractivity contribution in [2.75, 3.05) is 18.0 Å². The van der Waals surface area contributed by atoms with Crippen LogP contribution in [0.4, 0.5) is 11.4 Å². The molecule has 0 fully saturated rings. The summed E-state index contributed by atoms with van der Waals surface area (Å²) in [5.74, 6) is 1.65. The minimum atomic E-state index is -4.40. The van der Waals surface area contributed by atoms with Gasteiger partial charge < -0.3 is 9.64 Å². The quantitative estimate of drug-likeness (QED) is 0.100. The normalized spacial score (nSPS) is 18.7. The minimum absolute atomic E-state index is 0.00521. The number of aryl methyl sites for hydroxylation is 1. The lowest BCUT2D eigenvalue weighted by Crippen LogP contribution is -2.28. The molecule has 3 aromatic rings. The second-order valence-electron chi connectivity index (χ2n) is 18.1. The van der Waals surface area contributed by atoms with Gasteiger partial charge in [0.1, 0.15) is 23.8 Å². The van der Waals surface area contributed by atoms with Crippen molar-refractivity contribution < 1.29 is 40.0 Å². The topological polar surface area (TPSA) is 141 Å². The third-order valence-electron chi connectivity index (χ3n) is 12.6. The lowest BCUT2D eigenvalue weighted by atomic mass is 9.81. The SMILES string of the molecule is CCCCN1C(=CC=C2CCCC(C=CC3=[N+](CCCC)c4ccc(S(=O)(=O)O)cc4C3(C)C)=C2Oc2ccc(CCC(=O)C(C)C)cc2)C(C)(C)c2cc(S(=O)(=O)O)ccc21. The van der Waals surface area contributed by atoms with Gasteiger partial charge >= 0.3 is 0 Å². The molecule has 0 radical (unpaired) electrons. The van der Waals surface area contributed by atoms with E-state index in [0.29, 0.717) is 18.6 Å². The predicted octanol–water partition coefficient (Wildman–Crippen LogP) is 11.0. The Kier molecular flexibility index (Phi) is 14.1. The largest absolute Gasteiger partial charge is 0.457 e. The number of fused-ring (bicyclic) bond motifs is 2. The number of ether oxygens (including phenoxy) is 1. The van der Waals surface area contributed by atoms with Crippen LogP contribution < -0.4 is 9.64 Å². The van der Waals surface area contributed by atoms with Crippen LogP contribution in [0.5, 0.6) is 5.75 Å². The van der Waals surface area contributed by atoms with E-state index in [9.17, 15) is 30.7 Å². The number of hydrogen-bond acceptors (Lipinski definition) is 7. The van der Waals surface area contributed by atoms with Gasteiger partial charge in [-0.25, -0.2) is 0 Å². The number of nitrogens with zero attached hydrogens (tertiary/aromatic N) is 2. The van der Waals surface area contributed by atoms with Crippen LogP contribution in [0.2, 0.25) is 0 Å². The van der Waals surface area contributed by atoms with E-state index in [0.717, 1.165) is 114 Å². The van der Waals surface area contributed by atoms with Crippen molar-refractivity contribution in [1.82, 2.24) is 0 Å². The third-order valence-corrected chi connectivity index (χ3v) is 14.3. The number of allylic oxidation sites excluding steroid dienone is 7. The fourth-order valence-electron chi connectivity index (χ4n) is 8.85. The van der Waals surface area contributed by atoms with Crippen molar-refractivity contribution in [3.8, 4) is 5.75 Å². The number of carbonyl (C=O) groups is 1. The highest BCUT2D eigenvalue weighted by Crippen LogP contribution is 2.49. The molecule has 2 heterocycles. The Hall–Kier alpha value is -4.62. The Morgan fingerprint density at radius 2 is 1.47 bits per heavy atom. The first-order chi connectivity index (χ1) is 29.2. The number of unbranched alkanes of at least 4 members (excludes halogenated alkanes) is 2. The summed E-state index contributed by atoms with van der Waals surface area (Å²) in [4.78, 5) is 14.4. The highest BCUT2D eigenvalue weighted by atomic mass is 32.2. The van der Waals surface area contributed by atoms with Gasteiger partial charge in [0.15, 0.2) is 5.71 Å². The Bertz CT molecular complexity index is 2590. The smallest absolute Gasteiger partial charge is 0.294 e. The van der Waals surface area contributed by atoms with E-state index in [2.05, 4.69) is 75.3 Å². The fraction of sp³-hybridized carbons (Fsp3) is 0.440. The number of carbonyl (C=O) groups excluding carboxylic acids is 1. The second kappa shape index (κ2) is 18.6. The second-order valence-corrected chi connectivity index (χ2v) is 20.9. The van der Waals surface area contributed by atoms with Crippen molar-refractivity contribution in [2.45, 2.75) is 134 Å². The Morgan fingerprint density at radius 3 is 2.10 bits per heavy atom. The molecule has 0 saturated carbocycles. The van der Waals surface area contributed by atoms with Gasteiger partial charge in [0, 0.05) is 59.8 Å². The van der Waals surface area contributed by atoms with E-state index < -0.39 is 31.1 Å². The van der Waals surface area contributed by atoms with Gasteiger partial charge in [0.2, 0.25) is 5.69 Å². The lowest BCUT2D eigenvalue weighted by Gasteiger charge is -2.27. The first-order valence-electron chi connectivity index (χ1n) is 22.0.